The fourth-order valence-corrected chi connectivity index (χ4v) is 1.94. The first kappa shape index (κ1) is 13.1. The van der Waals surface area contributed by atoms with E-state index >= 15 is 0 Å². The monoisotopic (exact) mass is 257 g/mol. The van der Waals surface area contributed by atoms with E-state index in [4.69, 9.17) is 10.5 Å². The summed E-state index contributed by atoms with van der Waals surface area (Å²) in [6.45, 7) is 0. The van der Waals surface area contributed by atoms with Crippen molar-refractivity contribution in [2.24, 2.45) is 0 Å². The van der Waals surface area contributed by atoms with Gasteiger partial charge in [-0.3, -0.25) is 0 Å². The third kappa shape index (κ3) is 3.10. The Hall–Kier alpha value is -2.36. The van der Waals surface area contributed by atoms with E-state index < -0.39 is 0 Å². The lowest BCUT2D eigenvalue weighted by Crippen LogP contribution is -2.10. The number of nitrogens with zero attached hydrogens (tertiary/aromatic N) is 1. The Morgan fingerprint density at radius 2 is 1.84 bits per heavy atom. The fourth-order valence-electron chi connectivity index (χ4n) is 1.94. The summed E-state index contributed by atoms with van der Waals surface area (Å²) in [4.78, 5) is 2.06. The lowest BCUT2D eigenvalue weighted by Gasteiger charge is -2.18. The summed E-state index contributed by atoms with van der Waals surface area (Å²) in [6, 6.07) is 13.7. The van der Waals surface area contributed by atoms with Crippen molar-refractivity contribution in [3.63, 3.8) is 0 Å². The quantitative estimate of drug-likeness (QED) is 0.826. The molecule has 0 aliphatic heterocycles. The molecule has 4 heteroatoms. The first-order valence-electron chi connectivity index (χ1n) is 6.08. The molecule has 0 saturated heterocycles. The molecule has 0 spiro atoms. The van der Waals surface area contributed by atoms with Crippen LogP contribution in [0.25, 0.3) is 0 Å². The molecule has 0 saturated carbocycles. The van der Waals surface area contributed by atoms with Crippen molar-refractivity contribution in [1.82, 2.24) is 0 Å². The molecule has 4 nitrogen and oxygen atoms in total. The van der Waals surface area contributed by atoms with E-state index in [1.165, 1.54) is 0 Å². The Kier molecular flexibility index (Phi) is 3.80. The molecule has 2 aromatic carbocycles. The molecule has 0 amide bonds. The molecule has 0 bridgehead atoms. The maximum absolute atomic E-state index is 5.86. The van der Waals surface area contributed by atoms with E-state index in [0.29, 0.717) is 5.69 Å². The van der Waals surface area contributed by atoms with Crippen molar-refractivity contribution < 1.29 is 4.74 Å². The van der Waals surface area contributed by atoms with Gasteiger partial charge in [-0.05, 0) is 18.2 Å². The number of para-hydroxylation sites is 2. The number of benzene rings is 2. The normalized spacial score (nSPS) is 10.1. The number of nitrogens with two attached hydrogens (primary N) is 1. The van der Waals surface area contributed by atoms with Gasteiger partial charge in [0.2, 0.25) is 0 Å². The minimum atomic E-state index is 0.671. The van der Waals surface area contributed by atoms with Gasteiger partial charge in [0.25, 0.3) is 0 Å². The second kappa shape index (κ2) is 5.52. The van der Waals surface area contributed by atoms with Crippen LogP contribution in [0.1, 0.15) is 0 Å². The number of nitrogen functional groups attached to an aromatic ring is 1. The van der Waals surface area contributed by atoms with Gasteiger partial charge in [0.1, 0.15) is 5.75 Å². The third-order valence-electron chi connectivity index (χ3n) is 2.83. The summed E-state index contributed by atoms with van der Waals surface area (Å²) in [5.41, 5.74) is 9.58. The van der Waals surface area contributed by atoms with Crippen molar-refractivity contribution in [3.8, 4) is 5.75 Å². The highest BCUT2D eigenvalue weighted by atomic mass is 16.5. The van der Waals surface area contributed by atoms with Crippen LogP contribution >= 0.6 is 0 Å². The maximum atomic E-state index is 5.86. The average Bonchev–Trinajstić information content (AvgIpc) is 2.38. The minimum absolute atomic E-state index is 0.671. The lowest BCUT2D eigenvalue weighted by molar-refractivity contribution is 0.415. The predicted molar refractivity (Wildman–Crippen MR) is 81.5 cm³/mol. The Balaban J connectivity index is 2.33. The molecule has 2 aromatic rings. The molecule has 0 aromatic heterocycles. The molecule has 0 atom stereocenters. The topological polar surface area (TPSA) is 50.5 Å². The van der Waals surface area contributed by atoms with E-state index in [0.717, 1.165) is 22.8 Å². The van der Waals surface area contributed by atoms with Crippen molar-refractivity contribution in [3.05, 3.63) is 42.5 Å². The van der Waals surface area contributed by atoms with E-state index in [-0.39, 0.29) is 0 Å². The van der Waals surface area contributed by atoms with Crippen molar-refractivity contribution in [2.75, 3.05) is 37.2 Å². The molecule has 19 heavy (non-hydrogen) atoms. The zero-order chi connectivity index (χ0) is 13.8. The summed E-state index contributed by atoms with van der Waals surface area (Å²) >= 11 is 0. The molecular weight excluding hydrogens is 238 g/mol. The van der Waals surface area contributed by atoms with Gasteiger partial charge in [0, 0.05) is 37.6 Å². The number of nitrogens with one attached hydrogen (secondary N) is 1. The van der Waals surface area contributed by atoms with Crippen LogP contribution in [-0.4, -0.2) is 21.2 Å². The van der Waals surface area contributed by atoms with Gasteiger partial charge >= 0.3 is 0 Å². The summed E-state index contributed by atoms with van der Waals surface area (Å²) in [5.74, 6) is 0.741. The highest BCUT2D eigenvalue weighted by molar-refractivity contribution is 5.76. The summed E-state index contributed by atoms with van der Waals surface area (Å²) in [5, 5.41) is 3.37. The molecule has 0 unspecified atom stereocenters. The van der Waals surface area contributed by atoms with E-state index in [1.807, 2.05) is 44.4 Å². The number of ether oxygens (including phenoxy) is 1. The van der Waals surface area contributed by atoms with Crippen LogP contribution < -0.4 is 20.7 Å². The van der Waals surface area contributed by atoms with Crippen molar-refractivity contribution in [1.29, 1.82) is 0 Å². The van der Waals surface area contributed by atoms with Gasteiger partial charge in [-0.2, -0.15) is 0 Å². The molecule has 2 rings (SSSR count). The van der Waals surface area contributed by atoms with Crippen LogP contribution in [0.15, 0.2) is 42.5 Å². The van der Waals surface area contributed by atoms with Crippen LogP contribution in [0.5, 0.6) is 5.75 Å². The SMILES string of the molecule is COc1cc(N)cc(Nc2ccccc2N(C)C)c1. The van der Waals surface area contributed by atoms with Gasteiger partial charge in [0.15, 0.2) is 0 Å². The van der Waals surface area contributed by atoms with E-state index in [1.54, 1.807) is 13.2 Å². The van der Waals surface area contributed by atoms with Crippen LogP contribution in [0.2, 0.25) is 0 Å². The Morgan fingerprint density at radius 3 is 2.53 bits per heavy atom. The van der Waals surface area contributed by atoms with Gasteiger partial charge in [0.05, 0.1) is 18.5 Å². The molecule has 100 valence electrons. The van der Waals surface area contributed by atoms with Gasteiger partial charge in [-0.1, -0.05) is 12.1 Å². The average molecular weight is 257 g/mol. The zero-order valence-electron chi connectivity index (χ0n) is 11.5. The van der Waals surface area contributed by atoms with Gasteiger partial charge in [-0.25, -0.2) is 0 Å². The maximum Gasteiger partial charge on any atom is 0.122 e. The van der Waals surface area contributed by atoms with E-state index in [9.17, 15) is 0 Å². The molecule has 0 fully saturated rings. The number of methoxy groups -OCH3 is 1. The molecule has 0 aliphatic rings. The molecule has 3 N–H and O–H groups in total. The number of rotatable bonds is 4. The Morgan fingerprint density at radius 1 is 1.11 bits per heavy atom. The van der Waals surface area contributed by atoms with Crippen LogP contribution in [0.3, 0.4) is 0 Å². The molecule has 0 heterocycles. The highest BCUT2D eigenvalue weighted by Gasteiger charge is 2.05. The Labute approximate surface area is 113 Å². The smallest absolute Gasteiger partial charge is 0.122 e. The number of hydrogen-bond acceptors (Lipinski definition) is 4. The molecule has 0 aliphatic carbocycles. The fraction of sp³-hybridized carbons (Fsp3) is 0.200. The minimum Gasteiger partial charge on any atom is -0.497 e. The van der Waals surface area contributed by atoms with Gasteiger partial charge in [-0.15, -0.1) is 0 Å². The van der Waals surface area contributed by atoms with E-state index in [2.05, 4.69) is 16.3 Å². The van der Waals surface area contributed by atoms with Gasteiger partial charge < -0.3 is 20.7 Å². The molecular formula is C15H19N3O. The number of anilines is 4. The third-order valence-corrected chi connectivity index (χ3v) is 2.83. The second-order valence-corrected chi connectivity index (χ2v) is 4.53. The predicted octanol–water partition coefficient (Wildman–Crippen LogP) is 3.09. The lowest BCUT2D eigenvalue weighted by atomic mass is 10.2. The largest absolute Gasteiger partial charge is 0.497 e. The summed E-state index contributed by atoms with van der Waals surface area (Å²) in [6.07, 6.45) is 0. The van der Waals surface area contributed by atoms with Crippen LogP contribution in [0.4, 0.5) is 22.7 Å². The summed E-state index contributed by atoms with van der Waals surface area (Å²) < 4.78 is 5.22. The van der Waals surface area contributed by atoms with Crippen molar-refractivity contribution >= 4 is 22.7 Å². The summed E-state index contributed by atoms with van der Waals surface area (Å²) in [7, 11) is 5.66. The highest BCUT2D eigenvalue weighted by Crippen LogP contribution is 2.30. The Bertz CT molecular complexity index is 567. The van der Waals surface area contributed by atoms with Crippen LogP contribution in [-0.2, 0) is 0 Å². The van der Waals surface area contributed by atoms with Crippen molar-refractivity contribution in [2.45, 2.75) is 0 Å². The standard InChI is InChI=1S/C15H19N3O/c1-18(2)15-7-5-4-6-14(15)17-12-8-11(16)9-13(10-12)19-3/h4-10,17H,16H2,1-3H3. The van der Waals surface area contributed by atoms with Crippen LogP contribution in [0, 0.1) is 0 Å². The molecule has 0 radical (unpaired) electrons. The first-order chi connectivity index (χ1) is 9.10. The first-order valence-corrected chi connectivity index (χ1v) is 6.08. The zero-order valence-corrected chi connectivity index (χ0v) is 11.5. The number of hydrogen-bond donors (Lipinski definition) is 2. The second-order valence-electron chi connectivity index (χ2n) is 4.53.